The number of rotatable bonds is 24. The molecule has 33 heteroatoms. The Morgan fingerprint density at radius 1 is 0.555 bits per heavy atom. The summed E-state index contributed by atoms with van der Waals surface area (Å²) in [5.74, 6) is 0.266. The monoisotopic (exact) mass is 1560 g/mol. The Kier molecular flexibility index (Phi) is 23.6. The number of ether oxygens (including phenoxy) is 4. The van der Waals surface area contributed by atoms with Crippen LogP contribution in [0.15, 0.2) is 162 Å². The molecule has 566 valence electrons. The topological polar surface area (TPSA) is 290 Å². The van der Waals surface area contributed by atoms with Gasteiger partial charge in [-0.1, -0.05) is 71.2 Å². The Bertz CT molecular complexity index is 5780. The molecule has 0 bridgehead atoms. The van der Waals surface area contributed by atoms with Crippen LogP contribution < -0.4 is 30.2 Å². The first-order valence-electron chi connectivity index (χ1n) is 34.6. The van der Waals surface area contributed by atoms with E-state index in [9.17, 15) is 31.5 Å². The largest absolute Gasteiger partial charge is 0.487 e. The van der Waals surface area contributed by atoms with Gasteiger partial charge in [-0.3, -0.25) is 9.59 Å². The van der Waals surface area contributed by atoms with Crippen molar-refractivity contribution >= 4 is 79.3 Å². The average molecular weight is 1560 g/mol. The van der Waals surface area contributed by atoms with Crippen LogP contribution in [-0.4, -0.2) is 94.2 Å². The van der Waals surface area contributed by atoms with Gasteiger partial charge in [0.2, 0.25) is 5.91 Å². The predicted octanol–water partition coefficient (Wildman–Crippen LogP) is 16.0. The number of amides is 2. The molecule has 0 fully saturated rings. The highest BCUT2D eigenvalue weighted by Crippen LogP contribution is 2.39. The van der Waals surface area contributed by atoms with E-state index < -0.39 is 60.6 Å². The van der Waals surface area contributed by atoms with Gasteiger partial charge in [0.05, 0.1) is 41.3 Å². The second kappa shape index (κ2) is 34.6. The van der Waals surface area contributed by atoms with Gasteiger partial charge in [0.15, 0.2) is 30.1 Å². The molecule has 14 aromatic rings. The maximum Gasteiger partial charge on any atom is 0.345 e. The summed E-state index contributed by atoms with van der Waals surface area (Å²) in [6.07, 6.45) is 9.64. The van der Waals surface area contributed by atoms with E-state index in [1.165, 1.54) is 69.1 Å². The fourth-order valence-electron chi connectivity index (χ4n) is 12.1. The van der Waals surface area contributed by atoms with Crippen molar-refractivity contribution in [1.82, 2.24) is 85.2 Å². The van der Waals surface area contributed by atoms with E-state index in [4.69, 9.17) is 70.6 Å². The number of pyridine rings is 3. The van der Waals surface area contributed by atoms with Crippen LogP contribution in [0.1, 0.15) is 114 Å². The van der Waals surface area contributed by atoms with Crippen LogP contribution >= 0.6 is 34.8 Å². The standard InChI is InChI=1S/C26H22ClFN6O3.C26H24ClFN6O2.C25H23ClF3N5O3/c1-14-7-19(25-29-12-31-34(25)3)17-5-4-6-23(24(17)32-14)37-10-20-18(8-16(28)9-21(20)27)15(2)33-26(35)22-11-36-13-30-22;1-15-7-21(26-30-13-32-34(26)3)19-5-4-6-24(25(19)33-15)36-12-22-20(8-17(28)9-23(22)27)16(2)29-10-18-11-35-14-31-18;1-13-7-21(34-15(3)30-12-31-34)17-5-4-6-22(24(17)32-13)36-10-19-18(8-16(27)9-20(19)26)14(2)33-23(35)11-37-25(28)29/h4-9,11-13,15H,10H2,1-3H3,(H,33,35);4-9,11,13-14,16,29H,10,12H2,1-3H3;4-9,12,14,25H,10-11H2,1-3H3,(H,33,35)/t15-;16-;14-/m000/s1/i;16D;14D. The molecule has 25 nitrogen and oxygen atoms in total. The van der Waals surface area contributed by atoms with Crippen LogP contribution in [-0.2, 0) is 50.0 Å². The van der Waals surface area contributed by atoms with E-state index in [-0.39, 0.29) is 58.3 Å². The SMILES string of the molecule is Cc1cc(-c2ncnn2C)c2cccc(OCc3c(Cl)cc(F)cc3[C@H](C)NC(=O)c3cocn3)c2n1.[2H][C@@](C)(NC(=O)COC(F)F)c1cc(F)cc(Cl)c1COc1cccc2c(-n3ncnc3C)cc(C)nc12.[2H][C@@](C)(NCc1cocn1)c1cc(F)cc(Cl)c1COc1cccc2c(-c3ncnn3C)cc(C)nc12. The Morgan fingerprint density at radius 3 is 1.48 bits per heavy atom. The minimum absolute atomic E-state index is 0.00257. The zero-order chi connectivity index (χ0) is 79.9. The summed E-state index contributed by atoms with van der Waals surface area (Å²) < 4.78 is 123. The molecule has 8 aromatic heterocycles. The number of carbonyl (C=O) groups excluding carboxylic acids is 2. The van der Waals surface area contributed by atoms with E-state index in [0.717, 1.165) is 62.9 Å². The number of carbonyl (C=O) groups is 2. The van der Waals surface area contributed by atoms with Gasteiger partial charge in [-0.05, 0) is 138 Å². The summed E-state index contributed by atoms with van der Waals surface area (Å²) >= 11 is 19.2. The van der Waals surface area contributed by atoms with Gasteiger partial charge in [-0.25, -0.2) is 67.1 Å². The fraction of sp³-hybridized carbons (Fsp3) is 0.234. The highest BCUT2D eigenvalue weighted by atomic mass is 35.5. The van der Waals surface area contributed by atoms with Crippen molar-refractivity contribution in [3.8, 4) is 45.7 Å². The molecular formula is C77H69Cl3F5N17O8. The average Bonchev–Trinajstić information content (AvgIpc) is 1.29. The summed E-state index contributed by atoms with van der Waals surface area (Å²) in [7, 11) is 3.65. The first-order chi connectivity index (χ1) is 53.5. The number of para-hydroxylation sites is 3. The van der Waals surface area contributed by atoms with Crippen molar-refractivity contribution < 1.29 is 62.1 Å². The van der Waals surface area contributed by atoms with Crippen molar-refractivity contribution in [3.05, 3.63) is 254 Å². The number of halogens is 8. The number of aromatic nitrogens is 14. The summed E-state index contributed by atoms with van der Waals surface area (Å²) in [6, 6.07) is 25.6. The Labute approximate surface area is 642 Å². The smallest absolute Gasteiger partial charge is 0.345 e. The lowest BCUT2D eigenvalue weighted by molar-refractivity contribution is -0.152. The molecule has 0 aliphatic rings. The molecule has 0 spiro atoms. The second-order valence-electron chi connectivity index (χ2n) is 24.9. The number of nitrogens with zero attached hydrogens (tertiary/aromatic N) is 14. The van der Waals surface area contributed by atoms with E-state index in [1.807, 2.05) is 102 Å². The summed E-state index contributed by atoms with van der Waals surface area (Å²) in [6.45, 7) is 7.98. The molecule has 6 aromatic carbocycles. The summed E-state index contributed by atoms with van der Waals surface area (Å²) in [5, 5.41) is 23.5. The number of hydrogen-bond donors (Lipinski definition) is 3. The molecule has 0 saturated heterocycles. The van der Waals surface area contributed by atoms with Gasteiger partial charge < -0.3 is 43.7 Å². The van der Waals surface area contributed by atoms with Crippen molar-refractivity contribution in [1.29, 1.82) is 0 Å². The van der Waals surface area contributed by atoms with Crippen molar-refractivity contribution in [2.75, 3.05) is 6.61 Å². The molecule has 8 heterocycles. The van der Waals surface area contributed by atoms with Crippen LogP contribution in [0.4, 0.5) is 22.0 Å². The number of alkyl halides is 2. The number of oxazole rings is 2. The first-order valence-corrected chi connectivity index (χ1v) is 34.8. The first kappa shape index (κ1) is 75.0. The van der Waals surface area contributed by atoms with E-state index in [0.29, 0.717) is 84.9 Å². The third-order valence-corrected chi connectivity index (χ3v) is 18.2. The van der Waals surface area contributed by atoms with Gasteiger partial charge in [0.25, 0.3) is 5.91 Å². The molecule has 0 aliphatic carbocycles. The molecule has 0 saturated carbocycles. The quantitative estimate of drug-likeness (QED) is 0.0474. The predicted molar refractivity (Wildman–Crippen MR) is 399 cm³/mol. The molecule has 3 N–H and O–H groups in total. The Morgan fingerprint density at radius 2 is 1.02 bits per heavy atom. The van der Waals surface area contributed by atoms with Gasteiger partial charge in [0, 0.05) is 87.7 Å². The number of hydrogen-bond acceptors (Lipinski definition) is 20. The van der Waals surface area contributed by atoms with Crippen molar-refractivity contribution in [2.45, 2.75) is 99.5 Å². The highest BCUT2D eigenvalue weighted by molar-refractivity contribution is 6.32. The zero-order valence-electron chi connectivity index (χ0n) is 62.2. The van der Waals surface area contributed by atoms with Gasteiger partial charge in [-0.2, -0.15) is 24.1 Å². The zero-order valence-corrected chi connectivity index (χ0v) is 62.4. The third-order valence-electron chi connectivity index (χ3n) is 17.2. The molecule has 3 atom stereocenters. The summed E-state index contributed by atoms with van der Waals surface area (Å²) in [4.78, 5) is 59.4. The molecule has 0 unspecified atom stereocenters. The minimum atomic E-state index is -3.16. The van der Waals surface area contributed by atoms with Crippen LogP contribution in [0.25, 0.3) is 61.2 Å². The lowest BCUT2D eigenvalue weighted by Crippen LogP contribution is -2.31. The van der Waals surface area contributed by atoms with Crippen molar-refractivity contribution in [2.24, 2.45) is 14.1 Å². The fourth-order valence-corrected chi connectivity index (χ4v) is 12.9. The van der Waals surface area contributed by atoms with Crippen LogP contribution in [0.2, 0.25) is 15.1 Å². The molecule has 0 radical (unpaired) electrons. The summed E-state index contributed by atoms with van der Waals surface area (Å²) in [5.41, 5.74) is 9.40. The van der Waals surface area contributed by atoms with E-state index in [1.54, 1.807) is 40.0 Å². The molecule has 14 rings (SSSR count). The van der Waals surface area contributed by atoms with Crippen molar-refractivity contribution in [3.63, 3.8) is 0 Å². The second-order valence-corrected chi connectivity index (χ2v) is 26.1. The van der Waals surface area contributed by atoms with Gasteiger partial charge in [-0.15, -0.1) is 0 Å². The number of fused-ring (bicyclic) bond motifs is 3. The highest BCUT2D eigenvalue weighted by Gasteiger charge is 2.25. The number of nitrogens with one attached hydrogen (secondary N) is 3. The maximum absolute atomic E-state index is 14.4. The number of aryl methyl sites for hydroxylation is 6. The van der Waals surface area contributed by atoms with Crippen LogP contribution in [0.3, 0.4) is 0 Å². The lowest BCUT2D eigenvalue weighted by Gasteiger charge is -2.20. The third kappa shape index (κ3) is 18.1. The normalized spacial score (nSPS) is 13.0. The Hall–Kier alpha value is -11.8. The number of benzene rings is 6. The van der Waals surface area contributed by atoms with E-state index >= 15 is 0 Å². The molecule has 2 amide bonds. The Balaban J connectivity index is 0.000000156. The maximum atomic E-state index is 14.4. The molecule has 0 aliphatic heterocycles. The van der Waals surface area contributed by atoms with E-state index in [2.05, 4.69) is 65.9 Å². The molecular weight excluding hydrogens is 1490 g/mol. The minimum Gasteiger partial charge on any atom is -0.487 e. The van der Waals surface area contributed by atoms with Crippen LogP contribution in [0, 0.1) is 45.1 Å². The molecule has 110 heavy (non-hydrogen) atoms. The lowest BCUT2D eigenvalue weighted by atomic mass is 10.0. The van der Waals surface area contributed by atoms with Crippen LogP contribution in [0.5, 0.6) is 17.2 Å². The van der Waals surface area contributed by atoms with Gasteiger partial charge >= 0.3 is 6.61 Å². The van der Waals surface area contributed by atoms with Gasteiger partial charge in [0.1, 0.15) is 115 Å².